The molecule has 0 amide bonds. The Morgan fingerprint density at radius 2 is 2.12 bits per heavy atom. The molecule has 1 heterocycles. The fourth-order valence-electron chi connectivity index (χ4n) is 1.89. The average molecular weight is 241 g/mol. The van der Waals surface area contributed by atoms with Gasteiger partial charge in [0.1, 0.15) is 5.75 Å². The molecule has 1 aliphatic rings. The average Bonchev–Trinajstić information content (AvgIpc) is 2.59. The molecule has 0 bridgehead atoms. The molecule has 1 aromatic rings. The lowest BCUT2D eigenvalue weighted by atomic mass is 10.2. The van der Waals surface area contributed by atoms with Gasteiger partial charge in [-0.2, -0.15) is 0 Å². The number of sulfone groups is 1. The molecule has 16 heavy (non-hydrogen) atoms. The Hall–Kier alpha value is -1.23. The molecule has 0 radical (unpaired) electrons. The van der Waals surface area contributed by atoms with Gasteiger partial charge in [-0.15, -0.1) is 0 Å². The zero-order chi connectivity index (χ0) is 11.6. The van der Waals surface area contributed by atoms with Gasteiger partial charge in [0.15, 0.2) is 9.84 Å². The fourth-order valence-corrected chi connectivity index (χ4v) is 3.57. The van der Waals surface area contributed by atoms with E-state index in [0.29, 0.717) is 6.42 Å². The summed E-state index contributed by atoms with van der Waals surface area (Å²) in [5.74, 6) is 1.23. The highest BCUT2D eigenvalue weighted by Crippen LogP contribution is 2.26. The maximum atomic E-state index is 11.3. The molecular formula is C11H15NO3S. The van der Waals surface area contributed by atoms with Gasteiger partial charge in [-0.3, -0.25) is 0 Å². The summed E-state index contributed by atoms with van der Waals surface area (Å²) < 4.78 is 27.8. The van der Waals surface area contributed by atoms with Crippen LogP contribution in [0, 0.1) is 0 Å². The van der Waals surface area contributed by atoms with E-state index in [2.05, 4.69) is 5.32 Å². The molecule has 1 fully saturated rings. The number of hydrogen-bond donors (Lipinski definition) is 1. The Balaban J connectivity index is 2.10. The normalized spacial score (nSPS) is 22.9. The van der Waals surface area contributed by atoms with Gasteiger partial charge in [0.05, 0.1) is 24.3 Å². The van der Waals surface area contributed by atoms with Gasteiger partial charge in [0.2, 0.25) is 0 Å². The van der Waals surface area contributed by atoms with Crippen LogP contribution in [0.25, 0.3) is 0 Å². The number of para-hydroxylation sites is 2. The van der Waals surface area contributed by atoms with Crippen molar-refractivity contribution < 1.29 is 13.2 Å². The first kappa shape index (κ1) is 11.3. The van der Waals surface area contributed by atoms with E-state index in [1.54, 1.807) is 7.11 Å². The Morgan fingerprint density at radius 3 is 2.75 bits per heavy atom. The molecule has 0 saturated carbocycles. The van der Waals surface area contributed by atoms with Crippen LogP contribution >= 0.6 is 0 Å². The molecule has 2 rings (SSSR count). The largest absolute Gasteiger partial charge is 0.495 e. The van der Waals surface area contributed by atoms with Crippen LogP contribution in [0.5, 0.6) is 5.75 Å². The SMILES string of the molecule is COc1ccccc1NC1CCS(=O)(=O)C1. The zero-order valence-corrected chi connectivity index (χ0v) is 9.96. The summed E-state index contributed by atoms with van der Waals surface area (Å²) >= 11 is 0. The summed E-state index contributed by atoms with van der Waals surface area (Å²) in [4.78, 5) is 0. The molecule has 5 heteroatoms. The van der Waals surface area contributed by atoms with Crippen molar-refractivity contribution in [2.75, 3.05) is 23.9 Å². The summed E-state index contributed by atoms with van der Waals surface area (Å²) in [5.41, 5.74) is 0.854. The first-order valence-corrected chi connectivity index (χ1v) is 7.03. The van der Waals surface area contributed by atoms with E-state index in [1.165, 1.54) is 0 Å². The van der Waals surface area contributed by atoms with E-state index in [4.69, 9.17) is 4.74 Å². The van der Waals surface area contributed by atoms with Crippen molar-refractivity contribution in [1.82, 2.24) is 0 Å². The van der Waals surface area contributed by atoms with Crippen molar-refractivity contribution in [3.8, 4) is 5.75 Å². The first-order valence-electron chi connectivity index (χ1n) is 5.21. The number of ether oxygens (including phenoxy) is 1. The van der Waals surface area contributed by atoms with E-state index in [-0.39, 0.29) is 17.5 Å². The standard InChI is InChI=1S/C11H15NO3S/c1-15-11-5-3-2-4-10(11)12-9-6-7-16(13,14)8-9/h2-5,9,12H,6-8H2,1H3. The lowest BCUT2D eigenvalue weighted by Gasteiger charge is -2.15. The molecule has 1 aliphatic heterocycles. The summed E-state index contributed by atoms with van der Waals surface area (Å²) in [6.07, 6.45) is 0.667. The Bertz CT molecular complexity index is 470. The van der Waals surface area contributed by atoms with Gasteiger partial charge in [0.25, 0.3) is 0 Å². The Morgan fingerprint density at radius 1 is 1.38 bits per heavy atom. The number of benzene rings is 1. The zero-order valence-electron chi connectivity index (χ0n) is 9.14. The van der Waals surface area contributed by atoms with Crippen LogP contribution in [-0.4, -0.2) is 33.1 Å². The molecular weight excluding hydrogens is 226 g/mol. The predicted molar refractivity (Wildman–Crippen MR) is 63.7 cm³/mol. The minimum absolute atomic E-state index is 0.00120. The van der Waals surface area contributed by atoms with Crippen LogP contribution in [0.4, 0.5) is 5.69 Å². The summed E-state index contributed by atoms with van der Waals surface area (Å²) in [6.45, 7) is 0. The molecule has 0 spiro atoms. The van der Waals surface area contributed by atoms with E-state index in [0.717, 1.165) is 11.4 Å². The highest BCUT2D eigenvalue weighted by atomic mass is 32.2. The van der Waals surface area contributed by atoms with Gasteiger partial charge >= 0.3 is 0 Å². The minimum Gasteiger partial charge on any atom is -0.495 e. The van der Waals surface area contributed by atoms with E-state index in [1.807, 2.05) is 24.3 Å². The molecule has 0 aliphatic carbocycles. The number of methoxy groups -OCH3 is 1. The highest BCUT2D eigenvalue weighted by molar-refractivity contribution is 7.91. The van der Waals surface area contributed by atoms with E-state index >= 15 is 0 Å². The molecule has 1 N–H and O–H groups in total. The number of rotatable bonds is 3. The lowest BCUT2D eigenvalue weighted by Crippen LogP contribution is -2.20. The van der Waals surface area contributed by atoms with Gasteiger partial charge in [0, 0.05) is 6.04 Å². The third-order valence-electron chi connectivity index (χ3n) is 2.70. The van der Waals surface area contributed by atoms with Crippen LogP contribution in [0.15, 0.2) is 24.3 Å². The maximum absolute atomic E-state index is 11.3. The van der Waals surface area contributed by atoms with Gasteiger partial charge in [-0.05, 0) is 18.6 Å². The first-order chi connectivity index (χ1) is 7.61. The number of nitrogens with one attached hydrogen (secondary N) is 1. The number of hydrogen-bond acceptors (Lipinski definition) is 4. The molecule has 88 valence electrons. The fraction of sp³-hybridized carbons (Fsp3) is 0.455. The summed E-state index contributed by atoms with van der Waals surface area (Å²) in [6, 6.07) is 7.53. The molecule has 1 aromatic carbocycles. The lowest BCUT2D eigenvalue weighted by molar-refractivity contribution is 0.416. The van der Waals surface area contributed by atoms with Crippen molar-refractivity contribution in [2.45, 2.75) is 12.5 Å². The second-order valence-electron chi connectivity index (χ2n) is 3.94. The third-order valence-corrected chi connectivity index (χ3v) is 4.47. The quantitative estimate of drug-likeness (QED) is 0.866. The number of anilines is 1. The second-order valence-corrected chi connectivity index (χ2v) is 6.17. The van der Waals surface area contributed by atoms with Crippen LogP contribution in [0.1, 0.15) is 6.42 Å². The predicted octanol–water partition coefficient (Wildman–Crippen LogP) is 1.29. The smallest absolute Gasteiger partial charge is 0.152 e. The van der Waals surface area contributed by atoms with Crippen LogP contribution in [0.2, 0.25) is 0 Å². The third kappa shape index (κ3) is 2.47. The van der Waals surface area contributed by atoms with E-state index < -0.39 is 9.84 Å². The highest BCUT2D eigenvalue weighted by Gasteiger charge is 2.28. The molecule has 4 nitrogen and oxygen atoms in total. The van der Waals surface area contributed by atoms with Gasteiger partial charge < -0.3 is 10.1 Å². The molecule has 1 atom stereocenters. The van der Waals surface area contributed by atoms with Crippen molar-refractivity contribution in [3.05, 3.63) is 24.3 Å². The maximum Gasteiger partial charge on any atom is 0.152 e. The monoisotopic (exact) mass is 241 g/mol. The second kappa shape index (κ2) is 4.33. The molecule has 0 aromatic heterocycles. The molecule has 1 unspecified atom stereocenters. The Labute approximate surface area is 95.5 Å². The van der Waals surface area contributed by atoms with Crippen molar-refractivity contribution in [1.29, 1.82) is 0 Å². The van der Waals surface area contributed by atoms with Crippen LogP contribution in [-0.2, 0) is 9.84 Å². The van der Waals surface area contributed by atoms with Crippen LogP contribution < -0.4 is 10.1 Å². The van der Waals surface area contributed by atoms with Gasteiger partial charge in [-0.25, -0.2) is 8.42 Å². The van der Waals surface area contributed by atoms with Crippen molar-refractivity contribution in [2.24, 2.45) is 0 Å². The molecule has 1 saturated heterocycles. The van der Waals surface area contributed by atoms with E-state index in [9.17, 15) is 8.42 Å². The summed E-state index contributed by atoms with van der Waals surface area (Å²) in [5, 5.41) is 3.21. The summed E-state index contributed by atoms with van der Waals surface area (Å²) in [7, 11) is -1.24. The topological polar surface area (TPSA) is 55.4 Å². The van der Waals surface area contributed by atoms with Gasteiger partial charge in [-0.1, -0.05) is 12.1 Å². The van der Waals surface area contributed by atoms with Crippen molar-refractivity contribution >= 4 is 15.5 Å². The minimum atomic E-state index is -2.84. The van der Waals surface area contributed by atoms with Crippen LogP contribution in [0.3, 0.4) is 0 Å². The van der Waals surface area contributed by atoms with Crippen molar-refractivity contribution in [3.63, 3.8) is 0 Å². The Kier molecular flexibility index (Phi) is 3.05.